The van der Waals surface area contributed by atoms with Crippen LogP contribution >= 0.6 is 10.7 Å². The maximum atomic E-state index is 12.5. The first-order chi connectivity index (χ1) is 11.5. The molecule has 1 aliphatic carbocycles. The van der Waals surface area contributed by atoms with Crippen LogP contribution in [0.5, 0.6) is 0 Å². The highest BCUT2D eigenvalue weighted by molar-refractivity contribution is 8.13. The van der Waals surface area contributed by atoms with E-state index in [4.69, 9.17) is 10.7 Å². The van der Waals surface area contributed by atoms with Gasteiger partial charge >= 0.3 is 12.1 Å². The fourth-order valence-corrected chi connectivity index (χ4v) is 4.12. The normalized spacial score (nSPS) is 21.2. The maximum absolute atomic E-state index is 12.5. The molecule has 10 heteroatoms. The summed E-state index contributed by atoms with van der Waals surface area (Å²) in [6, 6.07) is 6.24. The molecule has 1 aromatic carbocycles. The fraction of sp³-hybridized carbons (Fsp3) is 0.533. The van der Waals surface area contributed by atoms with Gasteiger partial charge in [0, 0.05) is 42.4 Å². The molecular weight excluding hydrogens is 381 g/mol. The average molecular weight is 397 g/mol. The molecule has 1 aliphatic heterocycles. The van der Waals surface area contributed by atoms with Gasteiger partial charge in [-0.3, -0.25) is 9.69 Å². The van der Waals surface area contributed by atoms with Crippen molar-refractivity contribution < 1.29 is 26.4 Å². The van der Waals surface area contributed by atoms with Crippen molar-refractivity contribution in [1.82, 2.24) is 9.80 Å². The second-order valence-corrected chi connectivity index (χ2v) is 8.84. The SMILES string of the molecule is O=C(N1CCN(C2(c3ccc(S(=O)(=O)Cl)cc3)CC2)CC1)C(F)(F)F. The monoisotopic (exact) mass is 396 g/mol. The van der Waals surface area contributed by atoms with E-state index in [1.54, 1.807) is 12.1 Å². The number of hydrogen-bond acceptors (Lipinski definition) is 4. The highest BCUT2D eigenvalue weighted by atomic mass is 35.7. The van der Waals surface area contributed by atoms with Crippen molar-refractivity contribution in [3.63, 3.8) is 0 Å². The Kier molecular flexibility index (Phi) is 4.53. The first kappa shape index (κ1) is 18.5. The molecular formula is C15H16ClF3N2O3S. The van der Waals surface area contributed by atoms with Crippen LogP contribution in [0.2, 0.25) is 0 Å². The van der Waals surface area contributed by atoms with Crippen molar-refractivity contribution in [2.45, 2.75) is 29.5 Å². The van der Waals surface area contributed by atoms with Crippen LogP contribution in [0, 0.1) is 0 Å². The lowest BCUT2D eigenvalue weighted by Crippen LogP contribution is -2.54. The molecule has 1 saturated carbocycles. The molecule has 0 aromatic heterocycles. The molecule has 2 fully saturated rings. The summed E-state index contributed by atoms with van der Waals surface area (Å²) in [7, 11) is 1.51. The zero-order valence-corrected chi connectivity index (χ0v) is 14.7. The van der Waals surface area contributed by atoms with Gasteiger partial charge in [-0.1, -0.05) is 12.1 Å². The Morgan fingerprint density at radius 1 is 1.04 bits per heavy atom. The summed E-state index contributed by atoms with van der Waals surface area (Å²) in [5.41, 5.74) is 0.620. The Labute approximate surface area is 147 Å². The Hall–Kier alpha value is -1.32. The van der Waals surface area contributed by atoms with Gasteiger partial charge in [0.05, 0.1) is 4.90 Å². The second-order valence-electron chi connectivity index (χ2n) is 6.27. The molecule has 0 bridgehead atoms. The molecule has 1 aromatic rings. The molecule has 3 rings (SSSR count). The molecule has 138 valence electrons. The lowest BCUT2D eigenvalue weighted by molar-refractivity contribution is -0.187. The standard InChI is InChI=1S/C15H16ClF3N2O3S/c16-25(23,24)12-3-1-11(2-4-12)14(5-6-14)21-9-7-20(8-10-21)13(22)15(17,18)19/h1-4H,5-10H2. The number of alkyl halides is 3. The smallest absolute Gasteiger partial charge is 0.332 e. The summed E-state index contributed by atoms with van der Waals surface area (Å²) < 4.78 is 60.2. The molecule has 5 nitrogen and oxygen atoms in total. The van der Waals surface area contributed by atoms with E-state index in [0.29, 0.717) is 13.1 Å². The molecule has 0 spiro atoms. The molecule has 0 atom stereocenters. The van der Waals surface area contributed by atoms with Gasteiger partial charge in [0.25, 0.3) is 9.05 Å². The van der Waals surface area contributed by atoms with E-state index >= 15 is 0 Å². The molecule has 1 amide bonds. The van der Waals surface area contributed by atoms with E-state index in [2.05, 4.69) is 4.90 Å². The summed E-state index contributed by atoms with van der Waals surface area (Å²) in [5.74, 6) is -1.80. The topological polar surface area (TPSA) is 57.7 Å². The molecule has 25 heavy (non-hydrogen) atoms. The van der Waals surface area contributed by atoms with Gasteiger partial charge in [-0.25, -0.2) is 8.42 Å². The predicted octanol–water partition coefficient (Wildman–Crippen LogP) is 2.31. The number of carbonyl (C=O) groups is 1. The van der Waals surface area contributed by atoms with E-state index in [9.17, 15) is 26.4 Å². The van der Waals surface area contributed by atoms with Gasteiger partial charge in [-0.15, -0.1) is 0 Å². The number of hydrogen-bond donors (Lipinski definition) is 0. The van der Waals surface area contributed by atoms with Crippen LogP contribution in [0.1, 0.15) is 18.4 Å². The van der Waals surface area contributed by atoms with E-state index in [-0.39, 0.29) is 23.5 Å². The predicted molar refractivity (Wildman–Crippen MR) is 84.6 cm³/mol. The van der Waals surface area contributed by atoms with Gasteiger partial charge in [0.15, 0.2) is 0 Å². The Bertz CT molecular complexity index is 768. The number of nitrogens with zero attached hydrogens (tertiary/aromatic N) is 2. The first-order valence-electron chi connectivity index (χ1n) is 7.70. The van der Waals surface area contributed by atoms with Crippen LogP contribution < -0.4 is 0 Å². The average Bonchev–Trinajstić information content (AvgIpc) is 3.35. The summed E-state index contributed by atoms with van der Waals surface area (Å²) in [4.78, 5) is 14.2. The molecule has 0 unspecified atom stereocenters. The van der Waals surface area contributed by atoms with Gasteiger partial charge < -0.3 is 4.90 Å². The third-order valence-electron chi connectivity index (χ3n) is 4.81. The Morgan fingerprint density at radius 2 is 1.56 bits per heavy atom. The number of benzene rings is 1. The highest BCUT2D eigenvalue weighted by Crippen LogP contribution is 2.51. The lowest BCUT2D eigenvalue weighted by atomic mass is 10.0. The lowest BCUT2D eigenvalue weighted by Gasteiger charge is -2.40. The van der Waals surface area contributed by atoms with Crippen LogP contribution in [0.3, 0.4) is 0 Å². The van der Waals surface area contributed by atoms with Crippen molar-refractivity contribution in [2.24, 2.45) is 0 Å². The van der Waals surface area contributed by atoms with E-state index < -0.39 is 21.1 Å². The molecule has 1 saturated heterocycles. The first-order valence-corrected chi connectivity index (χ1v) is 10.0. The molecule has 2 aliphatic rings. The number of rotatable bonds is 3. The highest BCUT2D eigenvalue weighted by Gasteiger charge is 2.51. The van der Waals surface area contributed by atoms with E-state index in [0.717, 1.165) is 23.3 Å². The van der Waals surface area contributed by atoms with Crippen LogP contribution in [0.4, 0.5) is 13.2 Å². The van der Waals surface area contributed by atoms with Crippen molar-refractivity contribution in [1.29, 1.82) is 0 Å². The third kappa shape index (κ3) is 3.63. The van der Waals surface area contributed by atoms with Crippen molar-refractivity contribution in [3.05, 3.63) is 29.8 Å². The van der Waals surface area contributed by atoms with Crippen molar-refractivity contribution in [2.75, 3.05) is 26.2 Å². The van der Waals surface area contributed by atoms with Crippen LogP contribution in [0.25, 0.3) is 0 Å². The minimum Gasteiger partial charge on any atom is -0.332 e. The molecule has 0 radical (unpaired) electrons. The largest absolute Gasteiger partial charge is 0.471 e. The van der Waals surface area contributed by atoms with E-state index in [1.807, 2.05) is 0 Å². The van der Waals surface area contributed by atoms with Gasteiger partial charge in [-0.2, -0.15) is 13.2 Å². The maximum Gasteiger partial charge on any atom is 0.471 e. The number of amides is 1. The Morgan fingerprint density at radius 3 is 1.96 bits per heavy atom. The van der Waals surface area contributed by atoms with Gasteiger partial charge in [0.2, 0.25) is 0 Å². The van der Waals surface area contributed by atoms with Crippen LogP contribution in [-0.2, 0) is 19.4 Å². The van der Waals surface area contributed by atoms with Crippen molar-refractivity contribution in [3.8, 4) is 0 Å². The van der Waals surface area contributed by atoms with E-state index in [1.165, 1.54) is 12.1 Å². The fourth-order valence-electron chi connectivity index (χ4n) is 3.35. The summed E-state index contributed by atoms with van der Waals surface area (Å²) in [5, 5.41) is 0. The summed E-state index contributed by atoms with van der Waals surface area (Å²) >= 11 is 0. The molecule has 1 heterocycles. The van der Waals surface area contributed by atoms with Gasteiger partial charge in [0.1, 0.15) is 0 Å². The number of halogens is 4. The summed E-state index contributed by atoms with van der Waals surface area (Å²) in [6.45, 7) is 0.733. The third-order valence-corrected chi connectivity index (χ3v) is 6.18. The van der Waals surface area contributed by atoms with Crippen LogP contribution in [0.15, 0.2) is 29.2 Å². The number of carbonyl (C=O) groups excluding carboxylic acids is 1. The minimum absolute atomic E-state index is 0.00862. The molecule has 0 N–H and O–H groups in total. The second kappa shape index (κ2) is 6.14. The van der Waals surface area contributed by atoms with Gasteiger partial charge in [-0.05, 0) is 30.5 Å². The zero-order valence-electron chi connectivity index (χ0n) is 13.1. The minimum atomic E-state index is -4.84. The summed E-state index contributed by atoms with van der Waals surface area (Å²) in [6.07, 6.45) is -3.16. The zero-order chi connectivity index (χ0) is 18.5. The quantitative estimate of drug-likeness (QED) is 0.736. The number of piperazine rings is 1. The Balaban J connectivity index is 1.70. The van der Waals surface area contributed by atoms with Crippen molar-refractivity contribution >= 4 is 25.6 Å². The van der Waals surface area contributed by atoms with Crippen LogP contribution in [-0.4, -0.2) is 56.5 Å².